The Hall–Kier alpha value is -1.62. The summed E-state index contributed by atoms with van der Waals surface area (Å²) in [5, 5.41) is 3.82. The zero-order chi connectivity index (χ0) is 18.0. The summed E-state index contributed by atoms with van der Waals surface area (Å²) in [6.45, 7) is 3.06. The van der Waals surface area contributed by atoms with Crippen LogP contribution in [0.1, 0.15) is 11.3 Å². The SMILES string of the molecule is Cc1cc(NS(=O)(=O)CCNS(=O)(=O)c2ccc(C)c(Cl)c2)no1. The van der Waals surface area contributed by atoms with E-state index in [1.165, 1.54) is 18.2 Å². The van der Waals surface area contributed by atoms with Crippen LogP contribution in [0.25, 0.3) is 0 Å². The van der Waals surface area contributed by atoms with E-state index in [0.717, 1.165) is 5.56 Å². The first kappa shape index (κ1) is 18.7. The van der Waals surface area contributed by atoms with Crippen LogP contribution in [0.3, 0.4) is 0 Å². The summed E-state index contributed by atoms with van der Waals surface area (Å²) in [5.74, 6) is 0.0305. The molecule has 0 bridgehead atoms. The van der Waals surface area contributed by atoms with E-state index in [-0.39, 0.29) is 17.3 Å². The second-order valence-electron chi connectivity index (χ2n) is 5.05. The minimum atomic E-state index is -3.85. The quantitative estimate of drug-likeness (QED) is 0.738. The Morgan fingerprint density at radius 2 is 1.88 bits per heavy atom. The second kappa shape index (κ2) is 7.09. The first-order valence-electron chi connectivity index (χ1n) is 6.79. The van der Waals surface area contributed by atoms with Crippen molar-refractivity contribution >= 4 is 37.5 Å². The normalized spacial score (nSPS) is 12.3. The number of halogens is 1. The van der Waals surface area contributed by atoms with Crippen molar-refractivity contribution in [3.63, 3.8) is 0 Å². The molecule has 1 heterocycles. The van der Waals surface area contributed by atoms with Gasteiger partial charge in [0.2, 0.25) is 20.0 Å². The molecular formula is C13H16ClN3O5S2. The molecule has 0 aliphatic rings. The average Bonchev–Trinajstić information content (AvgIpc) is 2.85. The number of sulfonamides is 2. The third-order valence-corrected chi connectivity index (χ3v) is 6.13. The summed E-state index contributed by atoms with van der Waals surface area (Å²) in [6.07, 6.45) is 0. The highest BCUT2D eigenvalue weighted by molar-refractivity contribution is 7.92. The van der Waals surface area contributed by atoms with Gasteiger partial charge in [-0.25, -0.2) is 21.6 Å². The van der Waals surface area contributed by atoms with Crippen LogP contribution in [0, 0.1) is 13.8 Å². The van der Waals surface area contributed by atoms with Gasteiger partial charge < -0.3 is 4.52 Å². The molecule has 0 spiro atoms. The number of hydrogen-bond acceptors (Lipinski definition) is 6. The van der Waals surface area contributed by atoms with Crippen LogP contribution in [-0.2, 0) is 20.0 Å². The molecule has 0 aliphatic carbocycles. The predicted octanol–water partition coefficient (Wildman–Crippen LogP) is 1.67. The first-order valence-corrected chi connectivity index (χ1v) is 10.3. The van der Waals surface area contributed by atoms with Gasteiger partial charge in [0, 0.05) is 17.6 Å². The minimum Gasteiger partial charge on any atom is -0.360 e. The number of benzene rings is 1. The highest BCUT2D eigenvalue weighted by Gasteiger charge is 2.18. The number of nitrogens with zero attached hydrogens (tertiary/aromatic N) is 1. The van der Waals surface area contributed by atoms with Crippen molar-refractivity contribution in [2.75, 3.05) is 17.0 Å². The molecule has 8 nitrogen and oxygen atoms in total. The summed E-state index contributed by atoms with van der Waals surface area (Å²) in [7, 11) is -7.62. The maximum Gasteiger partial charge on any atom is 0.240 e. The molecule has 2 N–H and O–H groups in total. The van der Waals surface area contributed by atoms with E-state index in [1.807, 2.05) is 0 Å². The zero-order valence-corrected chi connectivity index (χ0v) is 15.3. The smallest absolute Gasteiger partial charge is 0.240 e. The fourth-order valence-corrected chi connectivity index (χ4v) is 4.08. The van der Waals surface area contributed by atoms with Crippen molar-refractivity contribution in [2.45, 2.75) is 18.7 Å². The fraction of sp³-hybridized carbons (Fsp3) is 0.308. The van der Waals surface area contributed by atoms with E-state index in [1.54, 1.807) is 19.9 Å². The van der Waals surface area contributed by atoms with Crippen molar-refractivity contribution < 1.29 is 21.4 Å². The molecule has 2 aromatic rings. The van der Waals surface area contributed by atoms with Crippen molar-refractivity contribution in [3.05, 3.63) is 40.6 Å². The summed E-state index contributed by atoms with van der Waals surface area (Å²) in [6, 6.07) is 5.69. The number of hydrogen-bond donors (Lipinski definition) is 2. The molecule has 0 radical (unpaired) electrons. The number of nitrogens with one attached hydrogen (secondary N) is 2. The average molecular weight is 394 g/mol. The van der Waals surface area contributed by atoms with Crippen LogP contribution in [0.4, 0.5) is 5.82 Å². The molecule has 11 heteroatoms. The standard InChI is InChI=1S/C13H16ClN3O5S2/c1-9-3-4-11(8-12(9)14)24(20,21)15-5-6-23(18,19)17-13-7-10(2)22-16-13/h3-4,7-8,15H,5-6H2,1-2H3,(H,16,17). The van der Waals surface area contributed by atoms with Gasteiger partial charge in [-0.3, -0.25) is 4.72 Å². The third kappa shape index (κ3) is 4.94. The molecular weight excluding hydrogens is 378 g/mol. The van der Waals surface area contributed by atoms with Gasteiger partial charge in [0.05, 0.1) is 10.6 Å². The van der Waals surface area contributed by atoms with Crippen molar-refractivity contribution in [2.24, 2.45) is 0 Å². The molecule has 0 amide bonds. The van der Waals surface area contributed by atoms with Crippen molar-refractivity contribution in [3.8, 4) is 0 Å². The van der Waals surface area contributed by atoms with Crippen molar-refractivity contribution in [1.82, 2.24) is 9.88 Å². The third-order valence-electron chi connectivity index (χ3n) is 3.00. The fourth-order valence-electron chi connectivity index (χ4n) is 1.76. The Morgan fingerprint density at radius 3 is 2.46 bits per heavy atom. The van der Waals surface area contributed by atoms with Gasteiger partial charge in [-0.15, -0.1) is 0 Å². The van der Waals surface area contributed by atoms with Crippen molar-refractivity contribution in [1.29, 1.82) is 0 Å². The molecule has 132 valence electrons. The van der Waals surface area contributed by atoms with E-state index in [0.29, 0.717) is 10.8 Å². The maximum atomic E-state index is 12.1. The highest BCUT2D eigenvalue weighted by atomic mass is 35.5. The topological polar surface area (TPSA) is 118 Å². The van der Waals surface area contributed by atoms with Crippen LogP contribution in [-0.4, -0.2) is 34.3 Å². The Balaban J connectivity index is 1.98. The summed E-state index contributed by atoms with van der Waals surface area (Å²) >= 11 is 5.90. The molecule has 0 unspecified atom stereocenters. The van der Waals surface area contributed by atoms with Crippen LogP contribution >= 0.6 is 11.6 Å². The van der Waals surface area contributed by atoms with Gasteiger partial charge in [0.25, 0.3) is 0 Å². The Labute approximate surface area is 145 Å². The van der Waals surface area contributed by atoms with Gasteiger partial charge in [0.1, 0.15) is 5.76 Å². The highest BCUT2D eigenvalue weighted by Crippen LogP contribution is 2.19. The van der Waals surface area contributed by atoms with Crippen LogP contribution < -0.4 is 9.44 Å². The summed E-state index contributed by atoms with van der Waals surface area (Å²) < 4.78 is 57.2. The number of rotatable bonds is 7. The first-order chi connectivity index (χ1) is 11.1. The molecule has 2 rings (SSSR count). The van der Waals surface area contributed by atoms with E-state index < -0.39 is 25.8 Å². The molecule has 0 aliphatic heterocycles. The zero-order valence-electron chi connectivity index (χ0n) is 12.9. The van der Waals surface area contributed by atoms with E-state index in [2.05, 4.69) is 14.6 Å². The number of aryl methyl sites for hydroxylation is 2. The molecule has 0 fully saturated rings. The van der Waals surface area contributed by atoms with E-state index >= 15 is 0 Å². The van der Waals surface area contributed by atoms with E-state index in [4.69, 9.17) is 16.1 Å². The Morgan fingerprint density at radius 1 is 1.17 bits per heavy atom. The lowest BCUT2D eigenvalue weighted by Gasteiger charge is -2.09. The number of anilines is 1. The molecule has 0 atom stereocenters. The van der Waals surface area contributed by atoms with Crippen LogP contribution in [0.5, 0.6) is 0 Å². The van der Waals surface area contributed by atoms with Gasteiger partial charge in [-0.1, -0.05) is 22.8 Å². The lowest BCUT2D eigenvalue weighted by molar-refractivity contribution is 0.400. The molecule has 1 aromatic carbocycles. The Bertz CT molecular complexity index is 938. The molecule has 0 saturated heterocycles. The molecule has 24 heavy (non-hydrogen) atoms. The van der Waals surface area contributed by atoms with Crippen LogP contribution in [0.15, 0.2) is 33.7 Å². The predicted molar refractivity (Wildman–Crippen MR) is 90.0 cm³/mol. The van der Waals surface area contributed by atoms with Crippen LogP contribution in [0.2, 0.25) is 5.02 Å². The molecule has 1 aromatic heterocycles. The monoisotopic (exact) mass is 393 g/mol. The largest absolute Gasteiger partial charge is 0.360 e. The lowest BCUT2D eigenvalue weighted by Crippen LogP contribution is -2.31. The lowest BCUT2D eigenvalue weighted by atomic mass is 10.2. The van der Waals surface area contributed by atoms with E-state index in [9.17, 15) is 16.8 Å². The summed E-state index contributed by atoms with van der Waals surface area (Å²) in [4.78, 5) is -0.0319. The van der Waals surface area contributed by atoms with Gasteiger partial charge >= 0.3 is 0 Å². The summed E-state index contributed by atoms with van der Waals surface area (Å²) in [5.41, 5.74) is 0.741. The molecule has 0 saturated carbocycles. The maximum absolute atomic E-state index is 12.1. The second-order valence-corrected chi connectivity index (χ2v) is 9.07. The van der Waals surface area contributed by atoms with Gasteiger partial charge in [-0.2, -0.15) is 0 Å². The Kier molecular flexibility index (Phi) is 5.53. The van der Waals surface area contributed by atoms with Gasteiger partial charge in [-0.05, 0) is 31.5 Å². The minimum absolute atomic E-state index is 0.0319. The number of aromatic nitrogens is 1. The van der Waals surface area contributed by atoms with Gasteiger partial charge in [0.15, 0.2) is 5.82 Å².